The van der Waals surface area contributed by atoms with Gasteiger partial charge in [0.2, 0.25) is 0 Å². The second-order valence-electron chi connectivity index (χ2n) is 4.08. The van der Waals surface area contributed by atoms with Gasteiger partial charge in [-0.25, -0.2) is 4.98 Å². The van der Waals surface area contributed by atoms with E-state index in [1.807, 2.05) is 24.3 Å². The van der Waals surface area contributed by atoms with Gasteiger partial charge in [-0.1, -0.05) is 6.92 Å². The highest BCUT2D eigenvalue weighted by molar-refractivity contribution is 7.99. The third-order valence-electron chi connectivity index (χ3n) is 2.86. The molecule has 0 aliphatic carbocycles. The molecule has 0 radical (unpaired) electrons. The first-order chi connectivity index (χ1) is 7.81. The average Bonchev–Trinajstić information content (AvgIpc) is 2.78. The molecule has 0 spiro atoms. The summed E-state index contributed by atoms with van der Waals surface area (Å²) in [5.41, 5.74) is 1.19. The van der Waals surface area contributed by atoms with E-state index in [0.29, 0.717) is 5.25 Å². The maximum absolute atomic E-state index is 5.75. The number of aromatic nitrogens is 2. The molecule has 1 saturated heterocycles. The number of hydrogen-bond donors (Lipinski definition) is 1. The van der Waals surface area contributed by atoms with Crippen LogP contribution in [-0.4, -0.2) is 40.8 Å². The topological polar surface area (TPSA) is 39.1 Å². The normalized spacial score (nSPS) is 23.2. The van der Waals surface area contributed by atoms with Crippen molar-refractivity contribution in [2.24, 2.45) is 0 Å². The molecule has 1 aromatic heterocycles. The Balaban J connectivity index is 2.05. The van der Waals surface area contributed by atoms with Crippen molar-refractivity contribution in [2.75, 3.05) is 26.0 Å². The van der Waals surface area contributed by atoms with E-state index in [-0.39, 0.29) is 6.10 Å². The van der Waals surface area contributed by atoms with Gasteiger partial charge in [0, 0.05) is 24.9 Å². The van der Waals surface area contributed by atoms with Crippen molar-refractivity contribution in [1.82, 2.24) is 14.9 Å². The maximum Gasteiger partial charge on any atom is 0.111 e. The Morgan fingerprint density at radius 2 is 2.62 bits per heavy atom. The average molecular weight is 241 g/mol. The van der Waals surface area contributed by atoms with Crippen LogP contribution in [0.2, 0.25) is 0 Å². The molecule has 0 amide bonds. The molecule has 16 heavy (non-hydrogen) atoms. The quantitative estimate of drug-likeness (QED) is 0.862. The molecule has 0 aromatic carbocycles. The van der Waals surface area contributed by atoms with Crippen LogP contribution in [-0.2, 0) is 11.3 Å². The van der Waals surface area contributed by atoms with Crippen molar-refractivity contribution in [3.63, 3.8) is 0 Å². The molecule has 5 heteroatoms. The van der Waals surface area contributed by atoms with Crippen LogP contribution in [0.25, 0.3) is 0 Å². The molecule has 1 aromatic rings. The Morgan fingerprint density at radius 3 is 3.31 bits per heavy atom. The minimum Gasteiger partial charge on any atom is -0.369 e. The Morgan fingerprint density at radius 1 is 1.75 bits per heavy atom. The second kappa shape index (κ2) is 5.70. The van der Waals surface area contributed by atoms with Gasteiger partial charge in [-0.05, 0) is 6.26 Å². The molecule has 1 aliphatic heterocycles. The lowest BCUT2D eigenvalue weighted by Crippen LogP contribution is -2.34. The maximum atomic E-state index is 5.75. The molecule has 2 atom stereocenters. The summed E-state index contributed by atoms with van der Waals surface area (Å²) in [5.74, 6) is 0. The number of hydrogen-bond acceptors (Lipinski definition) is 4. The lowest BCUT2D eigenvalue weighted by atomic mass is 10.2. The predicted molar refractivity (Wildman–Crippen MR) is 66.8 cm³/mol. The van der Waals surface area contributed by atoms with Gasteiger partial charge in [0.15, 0.2) is 0 Å². The number of imidazole rings is 1. The van der Waals surface area contributed by atoms with E-state index in [9.17, 15) is 0 Å². The van der Waals surface area contributed by atoms with E-state index < -0.39 is 0 Å². The van der Waals surface area contributed by atoms with Crippen molar-refractivity contribution >= 4 is 11.8 Å². The van der Waals surface area contributed by atoms with Crippen LogP contribution in [0.1, 0.15) is 18.7 Å². The van der Waals surface area contributed by atoms with Gasteiger partial charge < -0.3 is 14.6 Å². The first kappa shape index (κ1) is 12.0. The zero-order valence-corrected chi connectivity index (χ0v) is 10.7. The molecule has 4 nitrogen and oxygen atoms in total. The Hall–Kier alpha value is -0.520. The van der Waals surface area contributed by atoms with Crippen LogP contribution in [0, 0.1) is 0 Å². The summed E-state index contributed by atoms with van der Waals surface area (Å²) in [6, 6.07) is 0. The fourth-order valence-corrected chi connectivity index (χ4v) is 2.17. The van der Waals surface area contributed by atoms with E-state index >= 15 is 0 Å². The molecular formula is C11H19N3OS. The van der Waals surface area contributed by atoms with Crippen molar-refractivity contribution in [3.8, 4) is 0 Å². The molecule has 2 heterocycles. The molecule has 0 saturated carbocycles. The van der Waals surface area contributed by atoms with E-state index in [0.717, 1.165) is 26.2 Å². The summed E-state index contributed by atoms with van der Waals surface area (Å²) < 4.78 is 7.96. The standard InChI is InChI=1S/C11H19N3OS/c1-9(16-2)7-14-8-13-5-10(14)11-6-12-3-4-15-11/h5,8-9,11-12H,3-4,6-7H2,1-2H3. The molecule has 1 aliphatic rings. The molecule has 1 fully saturated rings. The fraction of sp³-hybridized carbons (Fsp3) is 0.727. The molecular weight excluding hydrogens is 222 g/mol. The van der Waals surface area contributed by atoms with Gasteiger partial charge in [-0.3, -0.25) is 0 Å². The summed E-state index contributed by atoms with van der Waals surface area (Å²) in [6.45, 7) is 5.85. The molecule has 0 bridgehead atoms. The van der Waals surface area contributed by atoms with Crippen LogP contribution in [0.5, 0.6) is 0 Å². The van der Waals surface area contributed by atoms with E-state index in [4.69, 9.17) is 4.74 Å². The second-order valence-corrected chi connectivity index (χ2v) is 5.36. The number of ether oxygens (including phenoxy) is 1. The minimum absolute atomic E-state index is 0.158. The Bertz CT molecular complexity index is 323. The van der Waals surface area contributed by atoms with Crippen molar-refractivity contribution < 1.29 is 4.74 Å². The molecule has 90 valence electrons. The number of rotatable bonds is 4. The third kappa shape index (κ3) is 2.78. The summed E-state index contributed by atoms with van der Waals surface area (Å²) in [6.07, 6.45) is 6.12. The van der Waals surface area contributed by atoms with Crippen molar-refractivity contribution in [3.05, 3.63) is 18.2 Å². The summed E-state index contributed by atoms with van der Waals surface area (Å²) >= 11 is 1.87. The number of morpholine rings is 1. The minimum atomic E-state index is 0.158. The zero-order chi connectivity index (χ0) is 11.4. The van der Waals surface area contributed by atoms with Crippen molar-refractivity contribution in [2.45, 2.75) is 24.8 Å². The molecule has 2 rings (SSSR count). The van der Waals surface area contributed by atoms with Crippen LogP contribution in [0.4, 0.5) is 0 Å². The van der Waals surface area contributed by atoms with Crippen LogP contribution in [0.3, 0.4) is 0 Å². The van der Waals surface area contributed by atoms with Gasteiger partial charge in [0.25, 0.3) is 0 Å². The fourth-order valence-electron chi connectivity index (χ4n) is 1.86. The highest BCUT2D eigenvalue weighted by Crippen LogP contribution is 2.20. The van der Waals surface area contributed by atoms with E-state index in [1.165, 1.54) is 5.69 Å². The largest absolute Gasteiger partial charge is 0.369 e. The highest BCUT2D eigenvalue weighted by Gasteiger charge is 2.19. The number of thioether (sulfide) groups is 1. The van der Waals surface area contributed by atoms with Gasteiger partial charge in [0.05, 0.1) is 24.8 Å². The highest BCUT2D eigenvalue weighted by atomic mass is 32.2. The van der Waals surface area contributed by atoms with Gasteiger partial charge >= 0.3 is 0 Å². The Kier molecular flexibility index (Phi) is 4.26. The zero-order valence-electron chi connectivity index (χ0n) is 9.85. The lowest BCUT2D eigenvalue weighted by Gasteiger charge is -2.25. The predicted octanol–water partition coefficient (Wildman–Crippen LogP) is 1.30. The SMILES string of the molecule is CSC(C)Cn1cncc1C1CNCCO1. The van der Waals surface area contributed by atoms with Crippen LogP contribution in [0.15, 0.2) is 12.5 Å². The lowest BCUT2D eigenvalue weighted by molar-refractivity contribution is 0.0228. The van der Waals surface area contributed by atoms with Crippen molar-refractivity contribution in [1.29, 1.82) is 0 Å². The van der Waals surface area contributed by atoms with Crippen LogP contribution < -0.4 is 5.32 Å². The van der Waals surface area contributed by atoms with Gasteiger partial charge in [0.1, 0.15) is 6.10 Å². The summed E-state index contributed by atoms with van der Waals surface area (Å²) in [5, 5.41) is 3.95. The first-order valence-corrected chi connectivity index (χ1v) is 6.95. The number of nitrogens with zero attached hydrogens (tertiary/aromatic N) is 2. The van der Waals surface area contributed by atoms with Gasteiger partial charge in [-0.2, -0.15) is 11.8 Å². The Labute approximate surface area is 101 Å². The summed E-state index contributed by atoms with van der Waals surface area (Å²) in [7, 11) is 0. The van der Waals surface area contributed by atoms with E-state index in [1.54, 1.807) is 0 Å². The number of nitrogens with one attached hydrogen (secondary N) is 1. The summed E-state index contributed by atoms with van der Waals surface area (Å²) in [4.78, 5) is 4.23. The van der Waals surface area contributed by atoms with Gasteiger partial charge in [-0.15, -0.1) is 0 Å². The molecule has 1 N–H and O–H groups in total. The third-order valence-corrected chi connectivity index (χ3v) is 3.81. The smallest absolute Gasteiger partial charge is 0.111 e. The molecule has 2 unspecified atom stereocenters. The first-order valence-electron chi connectivity index (χ1n) is 5.66. The monoisotopic (exact) mass is 241 g/mol. The van der Waals surface area contributed by atoms with E-state index in [2.05, 4.69) is 28.0 Å². The van der Waals surface area contributed by atoms with Crippen LogP contribution >= 0.6 is 11.8 Å².